The number of hydrogen-bond donors (Lipinski definition) is 1. The molecule has 0 aromatic rings. The Labute approximate surface area is 93.5 Å². The first kappa shape index (κ1) is 10.9. The molecule has 3 fully saturated rings. The van der Waals surface area contributed by atoms with E-state index in [1.54, 1.807) is 0 Å². The highest BCUT2D eigenvalue weighted by molar-refractivity contribution is 4.98. The molecule has 0 aromatic heterocycles. The lowest BCUT2D eigenvalue weighted by molar-refractivity contribution is -0.240. The fourth-order valence-corrected chi connectivity index (χ4v) is 2.66. The minimum Gasteiger partial charge on any atom is -0.380 e. The van der Waals surface area contributed by atoms with E-state index < -0.39 is 11.6 Å². The molecule has 0 bridgehead atoms. The smallest absolute Gasteiger partial charge is 0.248 e. The summed E-state index contributed by atoms with van der Waals surface area (Å²) in [5.74, 6) is -2.50. The summed E-state index contributed by atoms with van der Waals surface area (Å²) < 4.78 is 37.2. The van der Waals surface area contributed by atoms with E-state index in [0.29, 0.717) is 19.4 Å². The van der Waals surface area contributed by atoms with Crippen LogP contribution in [0.4, 0.5) is 8.78 Å². The number of hydrogen-bond acceptors (Lipinski definition) is 3. The van der Waals surface area contributed by atoms with Crippen molar-refractivity contribution in [1.82, 2.24) is 5.32 Å². The fraction of sp³-hybridized carbons (Fsp3) is 1.00. The Morgan fingerprint density at radius 1 is 0.938 bits per heavy atom. The molecule has 0 aromatic carbocycles. The molecule has 3 aliphatic rings. The molecule has 2 heterocycles. The number of halogens is 2. The van der Waals surface area contributed by atoms with Crippen molar-refractivity contribution in [2.75, 3.05) is 26.4 Å². The highest BCUT2D eigenvalue weighted by Gasteiger charge is 2.51. The zero-order chi connectivity index (χ0) is 11.3. The van der Waals surface area contributed by atoms with Crippen LogP contribution in [-0.4, -0.2) is 38.0 Å². The molecular formula is C11H17F2NO2. The Balaban J connectivity index is 1.60. The third-order valence-corrected chi connectivity index (χ3v) is 4.05. The molecule has 16 heavy (non-hydrogen) atoms. The highest BCUT2D eigenvalue weighted by Crippen LogP contribution is 2.43. The summed E-state index contributed by atoms with van der Waals surface area (Å²) in [5, 5.41) is 3.33. The Hall–Kier alpha value is -0.260. The zero-order valence-corrected chi connectivity index (χ0v) is 9.23. The molecule has 0 radical (unpaired) electrons. The molecular weight excluding hydrogens is 216 g/mol. The number of rotatable bonds is 0. The average Bonchev–Trinajstić information content (AvgIpc) is 2.22. The molecule has 2 saturated heterocycles. The number of alkyl halides is 2. The largest absolute Gasteiger partial charge is 0.380 e. The van der Waals surface area contributed by atoms with Crippen LogP contribution in [0.25, 0.3) is 0 Å². The van der Waals surface area contributed by atoms with Crippen LogP contribution in [0, 0.1) is 5.41 Å². The molecule has 3 nitrogen and oxygen atoms in total. The second-order valence-electron chi connectivity index (χ2n) is 5.49. The molecule has 0 amide bonds. The predicted molar refractivity (Wildman–Crippen MR) is 53.4 cm³/mol. The minimum atomic E-state index is -2.50. The van der Waals surface area contributed by atoms with Gasteiger partial charge >= 0.3 is 0 Å². The maximum Gasteiger partial charge on any atom is 0.248 e. The molecule has 92 valence electrons. The van der Waals surface area contributed by atoms with Gasteiger partial charge in [0, 0.05) is 19.4 Å². The Bertz CT molecular complexity index is 270. The highest BCUT2D eigenvalue weighted by atomic mass is 19.3. The van der Waals surface area contributed by atoms with Gasteiger partial charge in [-0.1, -0.05) is 0 Å². The van der Waals surface area contributed by atoms with Crippen LogP contribution in [0.5, 0.6) is 0 Å². The summed E-state index contributed by atoms with van der Waals surface area (Å²) in [4.78, 5) is 0. The van der Waals surface area contributed by atoms with Gasteiger partial charge in [0.1, 0.15) is 5.72 Å². The summed E-state index contributed by atoms with van der Waals surface area (Å²) in [6, 6.07) is 0. The van der Waals surface area contributed by atoms with Gasteiger partial charge in [0.25, 0.3) is 0 Å². The molecule has 3 rings (SSSR count). The van der Waals surface area contributed by atoms with Gasteiger partial charge in [0.2, 0.25) is 5.92 Å². The van der Waals surface area contributed by atoms with Crippen LogP contribution in [0.3, 0.4) is 0 Å². The van der Waals surface area contributed by atoms with E-state index in [1.165, 1.54) is 0 Å². The third-order valence-electron chi connectivity index (χ3n) is 4.05. The van der Waals surface area contributed by atoms with Gasteiger partial charge in [0.15, 0.2) is 0 Å². The van der Waals surface area contributed by atoms with Crippen molar-refractivity contribution < 1.29 is 18.3 Å². The second kappa shape index (κ2) is 3.37. The fourth-order valence-electron chi connectivity index (χ4n) is 2.66. The normalized spacial score (nSPS) is 34.9. The van der Waals surface area contributed by atoms with E-state index in [-0.39, 0.29) is 18.3 Å². The zero-order valence-electron chi connectivity index (χ0n) is 9.23. The van der Waals surface area contributed by atoms with Crippen LogP contribution in [0.1, 0.15) is 25.7 Å². The van der Waals surface area contributed by atoms with Crippen molar-refractivity contribution in [3.63, 3.8) is 0 Å². The van der Waals surface area contributed by atoms with E-state index >= 15 is 0 Å². The first-order chi connectivity index (χ1) is 7.54. The standard InChI is InChI=1S/C11H17F2NO2/c12-10(13)1-3-11(4-2-10)14-5-9(8-16-11)6-15-7-9/h14H,1-8H2. The van der Waals surface area contributed by atoms with Crippen molar-refractivity contribution in [2.45, 2.75) is 37.3 Å². The Morgan fingerprint density at radius 2 is 1.62 bits per heavy atom. The average molecular weight is 233 g/mol. The van der Waals surface area contributed by atoms with Gasteiger partial charge in [-0.05, 0) is 12.8 Å². The van der Waals surface area contributed by atoms with E-state index in [1.807, 2.05) is 0 Å². The lowest BCUT2D eigenvalue weighted by Gasteiger charge is -2.52. The van der Waals surface area contributed by atoms with Gasteiger partial charge in [-0.2, -0.15) is 0 Å². The van der Waals surface area contributed by atoms with Crippen LogP contribution in [0.2, 0.25) is 0 Å². The third kappa shape index (κ3) is 1.75. The van der Waals surface area contributed by atoms with Gasteiger partial charge in [-0.3, -0.25) is 5.32 Å². The van der Waals surface area contributed by atoms with Crippen LogP contribution in [0.15, 0.2) is 0 Å². The summed E-state index contributed by atoms with van der Waals surface area (Å²) >= 11 is 0. The number of ether oxygens (including phenoxy) is 2. The molecule has 1 saturated carbocycles. The van der Waals surface area contributed by atoms with Crippen molar-refractivity contribution in [3.8, 4) is 0 Å². The van der Waals surface area contributed by atoms with E-state index in [0.717, 1.165) is 19.8 Å². The van der Waals surface area contributed by atoms with Crippen molar-refractivity contribution in [2.24, 2.45) is 5.41 Å². The second-order valence-corrected chi connectivity index (χ2v) is 5.49. The monoisotopic (exact) mass is 233 g/mol. The lowest BCUT2D eigenvalue weighted by Crippen LogP contribution is -2.65. The minimum absolute atomic E-state index is 0.0660. The SMILES string of the molecule is FC1(F)CCC2(CC1)NCC1(COC1)CO2. The summed E-state index contributed by atoms with van der Waals surface area (Å²) in [5.41, 5.74) is -0.367. The summed E-state index contributed by atoms with van der Waals surface area (Å²) in [6.07, 6.45) is 0.695. The van der Waals surface area contributed by atoms with Crippen molar-refractivity contribution in [1.29, 1.82) is 0 Å². The van der Waals surface area contributed by atoms with Gasteiger partial charge in [0.05, 0.1) is 25.2 Å². The van der Waals surface area contributed by atoms with Crippen molar-refractivity contribution >= 4 is 0 Å². The summed E-state index contributed by atoms with van der Waals surface area (Å²) in [6.45, 7) is 2.93. The molecule has 5 heteroatoms. The summed E-state index contributed by atoms with van der Waals surface area (Å²) in [7, 11) is 0. The topological polar surface area (TPSA) is 30.5 Å². The molecule has 0 atom stereocenters. The van der Waals surface area contributed by atoms with Crippen LogP contribution >= 0.6 is 0 Å². The first-order valence-electron chi connectivity index (χ1n) is 5.88. The van der Waals surface area contributed by atoms with Gasteiger partial charge in [-0.15, -0.1) is 0 Å². The van der Waals surface area contributed by atoms with E-state index in [9.17, 15) is 8.78 Å². The molecule has 2 aliphatic heterocycles. The van der Waals surface area contributed by atoms with Crippen LogP contribution < -0.4 is 5.32 Å². The molecule has 1 N–H and O–H groups in total. The lowest BCUT2D eigenvalue weighted by atomic mass is 9.81. The maximum absolute atomic E-state index is 13.1. The van der Waals surface area contributed by atoms with Gasteiger partial charge < -0.3 is 9.47 Å². The van der Waals surface area contributed by atoms with Crippen molar-refractivity contribution in [3.05, 3.63) is 0 Å². The van der Waals surface area contributed by atoms with E-state index in [4.69, 9.17) is 9.47 Å². The number of nitrogens with one attached hydrogen (secondary N) is 1. The van der Waals surface area contributed by atoms with Gasteiger partial charge in [-0.25, -0.2) is 8.78 Å². The predicted octanol–water partition coefficient (Wildman–Crippen LogP) is 1.53. The van der Waals surface area contributed by atoms with E-state index in [2.05, 4.69) is 5.32 Å². The molecule has 1 aliphatic carbocycles. The Kier molecular flexibility index (Phi) is 2.29. The first-order valence-corrected chi connectivity index (χ1v) is 5.88. The maximum atomic E-state index is 13.1. The molecule has 0 unspecified atom stereocenters. The quantitative estimate of drug-likeness (QED) is 0.688. The Morgan fingerprint density at radius 3 is 2.06 bits per heavy atom. The molecule has 2 spiro atoms. The van der Waals surface area contributed by atoms with Crippen LogP contribution in [-0.2, 0) is 9.47 Å².